The van der Waals surface area contributed by atoms with Crippen LogP contribution in [0.3, 0.4) is 0 Å². The van der Waals surface area contributed by atoms with Gasteiger partial charge in [-0.05, 0) is 25.7 Å². The van der Waals surface area contributed by atoms with E-state index < -0.39 is 0 Å². The van der Waals surface area contributed by atoms with Gasteiger partial charge in [0, 0.05) is 25.3 Å². The topological polar surface area (TPSA) is 50.4 Å². The first kappa shape index (κ1) is 11.9. The number of carbonyl (C=O) groups is 1. The minimum atomic E-state index is 0.138. The molecule has 1 saturated heterocycles. The molecule has 1 saturated carbocycles. The number of ether oxygens (including phenoxy) is 1. The van der Waals surface area contributed by atoms with E-state index in [4.69, 9.17) is 4.74 Å². The van der Waals surface area contributed by atoms with Crippen molar-refractivity contribution in [3.05, 3.63) is 0 Å². The third kappa shape index (κ3) is 3.76. The Balaban J connectivity index is 1.59. The smallest absolute Gasteiger partial charge is 0.234 e. The number of hydrogen-bond acceptors (Lipinski definition) is 3. The zero-order valence-electron chi connectivity index (χ0n) is 9.84. The zero-order valence-corrected chi connectivity index (χ0v) is 9.84. The summed E-state index contributed by atoms with van der Waals surface area (Å²) in [7, 11) is 0. The molecule has 4 heteroatoms. The van der Waals surface area contributed by atoms with Gasteiger partial charge in [0.25, 0.3) is 0 Å². The summed E-state index contributed by atoms with van der Waals surface area (Å²) in [5.41, 5.74) is 0. The quantitative estimate of drug-likeness (QED) is 0.746. The van der Waals surface area contributed by atoms with Crippen LogP contribution in [0.25, 0.3) is 0 Å². The number of amides is 1. The minimum Gasteiger partial charge on any atom is -0.381 e. The molecule has 0 radical (unpaired) electrons. The van der Waals surface area contributed by atoms with E-state index in [0.717, 1.165) is 26.1 Å². The highest BCUT2D eigenvalue weighted by Crippen LogP contribution is 2.17. The molecule has 2 rings (SSSR count). The molecule has 1 heterocycles. The first-order valence-electron chi connectivity index (χ1n) is 6.45. The molecule has 0 spiro atoms. The summed E-state index contributed by atoms with van der Waals surface area (Å²) in [4.78, 5) is 11.7. The second-order valence-corrected chi connectivity index (χ2v) is 4.82. The molecule has 4 nitrogen and oxygen atoms in total. The average Bonchev–Trinajstić information content (AvgIpc) is 2.81. The monoisotopic (exact) mass is 226 g/mol. The Morgan fingerprint density at radius 1 is 1.06 bits per heavy atom. The molecule has 1 aliphatic carbocycles. The molecule has 2 N–H and O–H groups in total. The highest BCUT2D eigenvalue weighted by Gasteiger charge is 2.18. The van der Waals surface area contributed by atoms with Crippen molar-refractivity contribution >= 4 is 5.91 Å². The molecule has 0 aromatic heterocycles. The van der Waals surface area contributed by atoms with Crippen LogP contribution >= 0.6 is 0 Å². The van der Waals surface area contributed by atoms with Crippen molar-refractivity contribution in [1.29, 1.82) is 0 Å². The van der Waals surface area contributed by atoms with E-state index in [2.05, 4.69) is 10.6 Å². The normalized spacial score (nSPS) is 23.5. The van der Waals surface area contributed by atoms with E-state index in [1.807, 2.05) is 0 Å². The van der Waals surface area contributed by atoms with Crippen molar-refractivity contribution in [1.82, 2.24) is 10.6 Å². The van der Waals surface area contributed by atoms with Crippen molar-refractivity contribution in [3.63, 3.8) is 0 Å². The lowest BCUT2D eigenvalue weighted by molar-refractivity contribution is -0.121. The van der Waals surface area contributed by atoms with Crippen LogP contribution in [0, 0.1) is 0 Å². The predicted octanol–water partition coefficient (Wildman–Crippen LogP) is 0.814. The number of carbonyl (C=O) groups excluding carboxylic acids is 1. The van der Waals surface area contributed by atoms with Gasteiger partial charge in [-0.3, -0.25) is 4.79 Å². The highest BCUT2D eigenvalue weighted by atomic mass is 16.5. The summed E-state index contributed by atoms with van der Waals surface area (Å²) in [5, 5.41) is 6.39. The van der Waals surface area contributed by atoms with Gasteiger partial charge in [-0.15, -0.1) is 0 Å². The van der Waals surface area contributed by atoms with Crippen LogP contribution in [-0.2, 0) is 9.53 Å². The van der Waals surface area contributed by atoms with Gasteiger partial charge in [0.15, 0.2) is 0 Å². The Morgan fingerprint density at radius 3 is 2.44 bits per heavy atom. The molecule has 16 heavy (non-hydrogen) atoms. The third-order valence-electron chi connectivity index (χ3n) is 3.49. The van der Waals surface area contributed by atoms with Gasteiger partial charge in [0.1, 0.15) is 0 Å². The molecular formula is C12H22N2O2. The first-order chi connectivity index (χ1) is 7.84. The molecule has 92 valence electrons. The van der Waals surface area contributed by atoms with Crippen molar-refractivity contribution in [3.8, 4) is 0 Å². The Kier molecular flexibility index (Phi) is 4.60. The van der Waals surface area contributed by atoms with Crippen molar-refractivity contribution in [2.75, 3.05) is 19.8 Å². The maximum Gasteiger partial charge on any atom is 0.234 e. The molecule has 0 aromatic carbocycles. The molecule has 2 fully saturated rings. The molecule has 1 aliphatic heterocycles. The van der Waals surface area contributed by atoms with E-state index in [1.165, 1.54) is 25.7 Å². The minimum absolute atomic E-state index is 0.138. The van der Waals surface area contributed by atoms with Crippen molar-refractivity contribution < 1.29 is 9.53 Å². The zero-order chi connectivity index (χ0) is 11.2. The summed E-state index contributed by atoms with van der Waals surface area (Å²) < 4.78 is 5.26. The Morgan fingerprint density at radius 2 is 1.75 bits per heavy atom. The maximum atomic E-state index is 11.7. The van der Waals surface area contributed by atoms with E-state index in [9.17, 15) is 4.79 Å². The van der Waals surface area contributed by atoms with E-state index in [1.54, 1.807) is 0 Å². The van der Waals surface area contributed by atoms with Gasteiger partial charge in [-0.25, -0.2) is 0 Å². The molecule has 2 aliphatic rings. The Hall–Kier alpha value is -0.610. The largest absolute Gasteiger partial charge is 0.381 e. The fourth-order valence-corrected chi connectivity index (χ4v) is 2.49. The summed E-state index contributed by atoms with van der Waals surface area (Å²) >= 11 is 0. The second kappa shape index (κ2) is 6.21. The van der Waals surface area contributed by atoms with Crippen LogP contribution in [0.15, 0.2) is 0 Å². The molecule has 0 unspecified atom stereocenters. The van der Waals surface area contributed by atoms with Gasteiger partial charge in [-0.1, -0.05) is 12.8 Å². The number of hydrogen-bond donors (Lipinski definition) is 2. The fraction of sp³-hybridized carbons (Fsp3) is 0.917. The van der Waals surface area contributed by atoms with Gasteiger partial charge in [0.05, 0.1) is 6.54 Å². The van der Waals surface area contributed by atoms with Crippen molar-refractivity contribution in [2.45, 2.75) is 50.6 Å². The summed E-state index contributed by atoms with van der Waals surface area (Å²) in [5.74, 6) is 0.138. The molecule has 1 amide bonds. The lowest BCUT2D eigenvalue weighted by Gasteiger charge is -2.23. The standard InChI is InChI=1S/C12H22N2O2/c15-12(9-13-10-3-1-2-4-10)14-11-5-7-16-8-6-11/h10-11,13H,1-9H2,(H,14,15). The molecule has 0 atom stereocenters. The van der Waals surface area contributed by atoms with Crippen LogP contribution < -0.4 is 10.6 Å². The highest BCUT2D eigenvalue weighted by molar-refractivity contribution is 5.78. The second-order valence-electron chi connectivity index (χ2n) is 4.82. The fourth-order valence-electron chi connectivity index (χ4n) is 2.49. The maximum absolute atomic E-state index is 11.7. The van der Waals surface area contributed by atoms with Crippen LogP contribution in [-0.4, -0.2) is 37.7 Å². The van der Waals surface area contributed by atoms with E-state index >= 15 is 0 Å². The van der Waals surface area contributed by atoms with Crippen LogP contribution in [0.2, 0.25) is 0 Å². The predicted molar refractivity (Wildman–Crippen MR) is 62.2 cm³/mol. The van der Waals surface area contributed by atoms with Gasteiger partial charge < -0.3 is 15.4 Å². The summed E-state index contributed by atoms with van der Waals surface area (Å²) in [6, 6.07) is 0.895. The average molecular weight is 226 g/mol. The lowest BCUT2D eigenvalue weighted by Crippen LogP contribution is -2.44. The van der Waals surface area contributed by atoms with E-state index in [0.29, 0.717) is 18.6 Å². The summed E-state index contributed by atoms with van der Waals surface area (Å²) in [6.07, 6.45) is 6.97. The van der Waals surface area contributed by atoms with Crippen LogP contribution in [0.4, 0.5) is 0 Å². The van der Waals surface area contributed by atoms with Crippen LogP contribution in [0.1, 0.15) is 38.5 Å². The molecule has 0 bridgehead atoms. The first-order valence-corrected chi connectivity index (χ1v) is 6.45. The van der Waals surface area contributed by atoms with Crippen molar-refractivity contribution in [2.24, 2.45) is 0 Å². The summed E-state index contributed by atoms with van der Waals surface area (Å²) in [6.45, 7) is 2.03. The van der Waals surface area contributed by atoms with Crippen LogP contribution in [0.5, 0.6) is 0 Å². The third-order valence-corrected chi connectivity index (χ3v) is 3.49. The number of nitrogens with one attached hydrogen (secondary N) is 2. The van der Waals surface area contributed by atoms with E-state index in [-0.39, 0.29) is 5.91 Å². The SMILES string of the molecule is O=C(CNC1CCCC1)NC1CCOCC1. The van der Waals surface area contributed by atoms with Gasteiger partial charge in [0.2, 0.25) is 5.91 Å². The molecule has 0 aromatic rings. The van der Waals surface area contributed by atoms with Gasteiger partial charge in [-0.2, -0.15) is 0 Å². The lowest BCUT2D eigenvalue weighted by atomic mass is 10.1. The Bertz CT molecular complexity index is 221. The Labute approximate surface area is 97.1 Å². The molecular weight excluding hydrogens is 204 g/mol. The van der Waals surface area contributed by atoms with Gasteiger partial charge >= 0.3 is 0 Å². The number of rotatable bonds is 4.